The number of hydrogen-bond donors (Lipinski definition) is 0. The average molecular weight is 198 g/mol. The number of fused-ring (bicyclic) bond motifs is 1. The van der Waals surface area contributed by atoms with Gasteiger partial charge in [0.2, 0.25) is 0 Å². The van der Waals surface area contributed by atoms with E-state index in [2.05, 4.69) is 44.5 Å². The fraction of sp³-hybridized carbons (Fsp3) is 0.417. The summed E-state index contributed by atoms with van der Waals surface area (Å²) >= 11 is 0. The molecule has 0 heterocycles. The van der Waals surface area contributed by atoms with E-state index in [0.29, 0.717) is 5.41 Å². The molecule has 1 aliphatic rings. The second-order valence-electron chi connectivity index (χ2n) is 4.45. The van der Waals surface area contributed by atoms with Crippen molar-refractivity contribution < 1.29 is 51.4 Å². The molecule has 0 amide bonds. The standard InChI is InChI=1S/C12H15.K/c1-12(2)8-7-10-5-3-4-6-11(10)9-12;/h3-7H,8-9H2,1-2H3;/q-1;+1. The van der Waals surface area contributed by atoms with Crippen LogP contribution in [0, 0.1) is 11.8 Å². The van der Waals surface area contributed by atoms with Gasteiger partial charge in [-0.3, -0.25) is 0 Å². The van der Waals surface area contributed by atoms with E-state index in [4.69, 9.17) is 0 Å². The number of rotatable bonds is 0. The molecule has 1 aromatic carbocycles. The van der Waals surface area contributed by atoms with Gasteiger partial charge in [-0.2, -0.15) is 18.1 Å². The molecule has 0 fully saturated rings. The summed E-state index contributed by atoms with van der Waals surface area (Å²) in [7, 11) is 0. The fourth-order valence-corrected chi connectivity index (χ4v) is 1.87. The summed E-state index contributed by atoms with van der Waals surface area (Å²) in [5, 5.41) is 0. The molecule has 0 N–H and O–H groups in total. The van der Waals surface area contributed by atoms with Crippen LogP contribution in [0.1, 0.15) is 31.4 Å². The van der Waals surface area contributed by atoms with E-state index < -0.39 is 0 Å². The fourth-order valence-electron chi connectivity index (χ4n) is 1.87. The first-order chi connectivity index (χ1) is 5.67. The van der Waals surface area contributed by atoms with E-state index in [-0.39, 0.29) is 51.4 Å². The van der Waals surface area contributed by atoms with Crippen LogP contribution in [0.5, 0.6) is 0 Å². The third kappa shape index (κ3) is 2.83. The maximum atomic E-state index is 2.36. The van der Waals surface area contributed by atoms with Gasteiger partial charge in [0.1, 0.15) is 0 Å². The van der Waals surface area contributed by atoms with E-state index in [9.17, 15) is 0 Å². The Kier molecular flexibility index (Phi) is 4.08. The number of hydrogen-bond acceptors (Lipinski definition) is 0. The van der Waals surface area contributed by atoms with Gasteiger partial charge in [0, 0.05) is 0 Å². The minimum absolute atomic E-state index is 0. The largest absolute Gasteiger partial charge is 1.00 e. The minimum Gasteiger partial charge on any atom is -0.189 e. The molecule has 0 saturated heterocycles. The zero-order chi connectivity index (χ0) is 8.60. The van der Waals surface area contributed by atoms with Gasteiger partial charge in [0.15, 0.2) is 0 Å². The molecule has 0 bridgehead atoms. The van der Waals surface area contributed by atoms with Crippen molar-refractivity contribution in [2.24, 2.45) is 5.41 Å². The second kappa shape index (κ2) is 4.50. The molecule has 0 nitrogen and oxygen atoms in total. The normalized spacial score (nSPS) is 18.0. The first-order valence-electron chi connectivity index (χ1n) is 4.58. The first kappa shape index (κ1) is 11.8. The molecule has 13 heavy (non-hydrogen) atoms. The van der Waals surface area contributed by atoms with E-state index in [1.165, 1.54) is 24.0 Å². The maximum absolute atomic E-state index is 2.36. The third-order valence-corrected chi connectivity index (χ3v) is 2.60. The van der Waals surface area contributed by atoms with Gasteiger partial charge >= 0.3 is 51.4 Å². The van der Waals surface area contributed by atoms with Crippen LogP contribution in [0.4, 0.5) is 0 Å². The van der Waals surface area contributed by atoms with Crippen LogP contribution in [0.15, 0.2) is 24.3 Å². The van der Waals surface area contributed by atoms with Crippen LogP contribution < -0.4 is 51.4 Å². The van der Waals surface area contributed by atoms with Crippen molar-refractivity contribution in [2.45, 2.75) is 26.7 Å². The van der Waals surface area contributed by atoms with Gasteiger partial charge in [-0.15, -0.1) is 17.7 Å². The first-order valence-corrected chi connectivity index (χ1v) is 4.58. The van der Waals surface area contributed by atoms with E-state index in [1.54, 1.807) is 0 Å². The Hall–Kier alpha value is 0.726. The zero-order valence-corrected chi connectivity index (χ0v) is 11.9. The summed E-state index contributed by atoms with van der Waals surface area (Å²) in [6.45, 7) is 4.67. The summed E-state index contributed by atoms with van der Waals surface area (Å²) in [4.78, 5) is 0. The molecule has 0 atom stereocenters. The molecular formula is C12H15K. The minimum atomic E-state index is 0. The topological polar surface area (TPSA) is 0 Å². The molecule has 0 saturated carbocycles. The molecule has 0 spiro atoms. The van der Waals surface area contributed by atoms with Gasteiger partial charge in [-0.1, -0.05) is 32.8 Å². The smallest absolute Gasteiger partial charge is 0.189 e. The Morgan fingerprint density at radius 2 is 1.92 bits per heavy atom. The molecule has 0 radical (unpaired) electrons. The van der Waals surface area contributed by atoms with Crippen molar-refractivity contribution in [1.82, 2.24) is 0 Å². The monoisotopic (exact) mass is 198 g/mol. The maximum Gasteiger partial charge on any atom is 1.00 e. The van der Waals surface area contributed by atoms with E-state index >= 15 is 0 Å². The van der Waals surface area contributed by atoms with Gasteiger partial charge in [0.25, 0.3) is 0 Å². The second-order valence-corrected chi connectivity index (χ2v) is 4.45. The van der Waals surface area contributed by atoms with Gasteiger partial charge in [-0.25, -0.2) is 0 Å². The molecule has 64 valence electrons. The Balaban J connectivity index is 0.000000845. The van der Waals surface area contributed by atoms with Crippen molar-refractivity contribution in [3.63, 3.8) is 0 Å². The summed E-state index contributed by atoms with van der Waals surface area (Å²) in [5.74, 6) is 0. The molecule has 0 aliphatic heterocycles. The van der Waals surface area contributed by atoms with Crippen LogP contribution in [0.2, 0.25) is 0 Å². The third-order valence-electron chi connectivity index (χ3n) is 2.60. The zero-order valence-electron chi connectivity index (χ0n) is 8.80. The van der Waals surface area contributed by atoms with Crippen molar-refractivity contribution in [3.8, 4) is 0 Å². The molecule has 1 aromatic rings. The van der Waals surface area contributed by atoms with Gasteiger partial charge in [-0.05, 0) is 5.41 Å². The van der Waals surface area contributed by atoms with Crippen LogP contribution in [0.25, 0.3) is 0 Å². The van der Waals surface area contributed by atoms with E-state index in [0.717, 1.165) is 0 Å². The van der Waals surface area contributed by atoms with Gasteiger partial charge in [0.05, 0.1) is 0 Å². The van der Waals surface area contributed by atoms with Crippen molar-refractivity contribution in [3.05, 3.63) is 41.8 Å². The van der Waals surface area contributed by atoms with Crippen LogP contribution in [0.3, 0.4) is 0 Å². The Morgan fingerprint density at radius 3 is 2.69 bits per heavy atom. The quantitative estimate of drug-likeness (QED) is 0.413. The van der Waals surface area contributed by atoms with Crippen LogP contribution in [-0.4, -0.2) is 0 Å². The molecule has 0 unspecified atom stereocenters. The van der Waals surface area contributed by atoms with Crippen molar-refractivity contribution in [2.75, 3.05) is 0 Å². The average Bonchev–Trinajstić information content (AvgIpc) is 2.02. The van der Waals surface area contributed by atoms with Crippen molar-refractivity contribution >= 4 is 0 Å². The Bertz CT molecular complexity index is 289. The number of benzene rings is 1. The summed E-state index contributed by atoms with van der Waals surface area (Å²) in [6.07, 6.45) is 4.79. The predicted molar refractivity (Wildman–Crippen MR) is 51.9 cm³/mol. The summed E-state index contributed by atoms with van der Waals surface area (Å²) in [6, 6.07) is 8.71. The molecule has 1 heteroatoms. The van der Waals surface area contributed by atoms with E-state index in [1.807, 2.05) is 0 Å². The summed E-state index contributed by atoms with van der Waals surface area (Å²) < 4.78 is 0. The molecular weight excluding hydrogens is 183 g/mol. The van der Waals surface area contributed by atoms with Gasteiger partial charge < -0.3 is 0 Å². The molecule has 1 aliphatic carbocycles. The SMILES string of the molecule is CC1(C)C[CH-]c2ccccc2C1.[K+]. The summed E-state index contributed by atoms with van der Waals surface area (Å²) in [5.41, 5.74) is 3.42. The molecule has 0 aromatic heterocycles. The predicted octanol–water partition coefficient (Wildman–Crippen LogP) is 0.215. The Labute approximate surface area is 124 Å². The Morgan fingerprint density at radius 1 is 1.23 bits per heavy atom. The molecule has 2 rings (SSSR count). The van der Waals surface area contributed by atoms with Crippen LogP contribution >= 0.6 is 0 Å². The van der Waals surface area contributed by atoms with Crippen LogP contribution in [-0.2, 0) is 6.42 Å². The van der Waals surface area contributed by atoms with Crippen molar-refractivity contribution in [1.29, 1.82) is 0 Å².